The maximum atomic E-state index is 11.0. The van der Waals surface area contributed by atoms with E-state index in [0.717, 1.165) is 16.5 Å². The number of halogens is 1. The number of fused-ring (bicyclic) bond motifs is 1. The highest BCUT2D eigenvalue weighted by Gasteiger charge is 2.14. The molecule has 7 heteroatoms. The van der Waals surface area contributed by atoms with Gasteiger partial charge >= 0.3 is 5.97 Å². The van der Waals surface area contributed by atoms with E-state index in [0.29, 0.717) is 17.3 Å². The van der Waals surface area contributed by atoms with Gasteiger partial charge in [0.25, 0.3) is 0 Å². The highest BCUT2D eigenvalue weighted by atomic mass is 35.5. The Morgan fingerprint density at radius 1 is 1.38 bits per heavy atom. The minimum absolute atomic E-state index is 0.0736. The summed E-state index contributed by atoms with van der Waals surface area (Å²) in [6.07, 6.45) is 2.05. The van der Waals surface area contributed by atoms with Gasteiger partial charge in [-0.1, -0.05) is 17.7 Å². The molecule has 0 amide bonds. The van der Waals surface area contributed by atoms with E-state index in [9.17, 15) is 4.79 Å². The van der Waals surface area contributed by atoms with E-state index in [1.807, 2.05) is 24.3 Å². The van der Waals surface area contributed by atoms with Gasteiger partial charge in [0.15, 0.2) is 5.82 Å². The van der Waals surface area contributed by atoms with Crippen molar-refractivity contribution in [2.24, 2.45) is 7.05 Å². The number of hydrogen-bond donors (Lipinski definition) is 1. The van der Waals surface area contributed by atoms with Crippen LogP contribution in [0, 0.1) is 0 Å². The fourth-order valence-electron chi connectivity index (χ4n) is 2.15. The van der Waals surface area contributed by atoms with Crippen LogP contribution in [0.3, 0.4) is 0 Å². The zero-order chi connectivity index (χ0) is 15.0. The molecule has 2 aromatic heterocycles. The zero-order valence-corrected chi connectivity index (χ0v) is 11.9. The molecule has 0 atom stereocenters. The number of rotatable bonds is 3. The monoisotopic (exact) mass is 302 g/mol. The van der Waals surface area contributed by atoms with Crippen molar-refractivity contribution in [2.75, 3.05) is 0 Å². The average molecular weight is 303 g/mol. The molecular formula is C14H11ClN4O2. The lowest BCUT2D eigenvalue weighted by Crippen LogP contribution is -2.06. The van der Waals surface area contributed by atoms with Crippen LogP contribution in [0.25, 0.3) is 10.9 Å². The second kappa shape index (κ2) is 5.14. The summed E-state index contributed by atoms with van der Waals surface area (Å²) in [7, 11) is 1.56. The fourth-order valence-corrected chi connectivity index (χ4v) is 2.31. The van der Waals surface area contributed by atoms with Gasteiger partial charge in [-0.3, -0.25) is 4.98 Å². The number of carbonyl (C=O) groups is 1. The first kappa shape index (κ1) is 13.5. The molecule has 21 heavy (non-hydrogen) atoms. The van der Waals surface area contributed by atoms with Gasteiger partial charge in [-0.15, -0.1) is 0 Å². The summed E-state index contributed by atoms with van der Waals surface area (Å²) in [5, 5.41) is 14.6. The largest absolute Gasteiger partial charge is 0.475 e. The Balaban J connectivity index is 1.94. The highest BCUT2D eigenvalue weighted by Crippen LogP contribution is 2.19. The molecule has 0 aliphatic rings. The van der Waals surface area contributed by atoms with E-state index >= 15 is 0 Å². The molecule has 0 aliphatic carbocycles. The lowest BCUT2D eigenvalue weighted by atomic mass is 10.1. The zero-order valence-electron chi connectivity index (χ0n) is 11.1. The standard InChI is InChI=1S/C14H11ClN4O2/c1-19-13(14(20)21)17-12(18-19)5-8-2-3-11-9(4-8)6-10(15)7-16-11/h2-4,6-7H,5H2,1H3,(H,20,21). The van der Waals surface area contributed by atoms with Gasteiger partial charge in [-0.25, -0.2) is 14.5 Å². The summed E-state index contributed by atoms with van der Waals surface area (Å²) >= 11 is 5.93. The fraction of sp³-hybridized carbons (Fsp3) is 0.143. The van der Waals surface area contributed by atoms with Crippen LogP contribution in [0.1, 0.15) is 22.0 Å². The van der Waals surface area contributed by atoms with Crippen LogP contribution >= 0.6 is 11.6 Å². The molecular weight excluding hydrogens is 292 g/mol. The van der Waals surface area contributed by atoms with Crippen LogP contribution < -0.4 is 0 Å². The Morgan fingerprint density at radius 3 is 2.90 bits per heavy atom. The Bertz CT molecular complexity index is 844. The number of carboxylic acid groups (broad SMARTS) is 1. The smallest absolute Gasteiger partial charge is 0.373 e. The maximum absolute atomic E-state index is 11.0. The Labute approximate surface area is 125 Å². The molecule has 1 aromatic carbocycles. The van der Waals surface area contributed by atoms with Crippen molar-refractivity contribution in [3.63, 3.8) is 0 Å². The number of carboxylic acids is 1. The number of hydrogen-bond acceptors (Lipinski definition) is 4. The number of aromatic nitrogens is 4. The summed E-state index contributed by atoms with van der Waals surface area (Å²) < 4.78 is 1.26. The van der Waals surface area contributed by atoms with Crippen molar-refractivity contribution in [3.8, 4) is 0 Å². The molecule has 0 radical (unpaired) electrons. The predicted molar refractivity (Wildman–Crippen MR) is 77.5 cm³/mol. The van der Waals surface area contributed by atoms with Crippen molar-refractivity contribution in [1.29, 1.82) is 0 Å². The van der Waals surface area contributed by atoms with Gasteiger partial charge in [-0.05, 0) is 23.8 Å². The first-order chi connectivity index (χ1) is 10.0. The van der Waals surface area contributed by atoms with Crippen molar-refractivity contribution < 1.29 is 9.90 Å². The van der Waals surface area contributed by atoms with Gasteiger partial charge in [0.2, 0.25) is 5.82 Å². The molecule has 0 fully saturated rings. The number of aromatic carboxylic acids is 1. The van der Waals surface area contributed by atoms with Crippen molar-refractivity contribution in [1.82, 2.24) is 19.7 Å². The number of benzene rings is 1. The predicted octanol–water partition coefficient (Wildman–Crippen LogP) is 2.31. The van der Waals surface area contributed by atoms with Crippen LogP contribution in [0.4, 0.5) is 0 Å². The van der Waals surface area contributed by atoms with E-state index in [2.05, 4.69) is 15.1 Å². The van der Waals surface area contributed by atoms with E-state index in [1.54, 1.807) is 13.2 Å². The lowest BCUT2D eigenvalue weighted by Gasteiger charge is -2.01. The van der Waals surface area contributed by atoms with Gasteiger partial charge in [-0.2, -0.15) is 5.10 Å². The Hall–Kier alpha value is -2.47. The molecule has 0 saturated heterocycles. The van der Waals surface area contributed by atoms with Crippen LogP contribution in [0.5, 0.6) is 0 Å². The summed E-state index contributed by atoms with van der Waals surface area (Å²) in [5.41, 5.74) is 1.82. The molecule has 2 heterocycles. The topological polar surface area (TPSA) is 80.9 Å². The molecule has 3 aromatic rings. The van der Waals surface area contributed by atoms with Crippen LogP contribution in [0.15, 0.2) is 30.5 Å². The molecule has 0 unspecified atom stereocenters. The van der Waals surface area contributed by atoms with E-state index in [-0.39, 0.29) is 5.82 Å². The third-order valence-corrected chi connectivity index (χ3v) is 3.28. The number of aryl methyl sites for hydroxylation is 1. The lowest BCUT2D eigenvalue weighted by molar-refractivity contribution is 0.0678. The normalized spacial score (nSPS) is 11.0. The maximum Gasteiger partial charge on any atom is 0.373 e. The molecule has 6 nitrogen and oxygen atoms in total. The van der Waals surface area contributed by atoms with Crippen LogP contribution in [-0.2, 0) is 13.5 Å². The molecule has 0 saturated carbocycles. The first-order valence-corrected chi connectivity index (χ1v) is 6.58. The third-order valence-electron chi connectivity index (χ3n) is 3.07. The summed E-state index contributed by atoms with van der Waals surface area (Å²) in [6.45, 7) is 0. The van der Waals surface area contributed by atoms with Gasteiger partial charge in [0, 0.05) is 25.1 Å². The van der Waals surface area contributed by atoms with E-state index < -0.39 is 5.97 Å². The molecule has 3 rings (SSSR count). The van der Waals surface area contributed by atoms with E-state index in [4.69, 9.17) is 16.7 Å². The minimum Gasteiger partial charge on any atom is -0.475 e. The summed E-state index contributed by atoms with van der Waals surface area (Å²) in [5.74, 6) is -0.703. The van der Waals surface area contributed by atoms with Gasteiger partial charge in [0.1, 0.15) is 0 Å². The molecule has 0 aliphatic heterocycles. The van der Waals surface area contributed by atoms with Crippen molar-refractivity contribution in [2.45, 2.75) is 6.42 Å². The minimum atomic E-state index is -1.09. The SMILES string of the molecule is Cn1nc(Cc2ccc3ncc(Cl)cc3c2)nc1C(=O)O. The molecule has 0 spiro atoms. The highest BCUT2D eigenvalue weighted by molar-refractivity contribution is 6.31. The van der Waals surface area contributed by atoms with E-state index in [1.165, 1.54) is 4.68 Å². The second-order valence-corrected chi connectivity index (χ2v) is 5.07. The van der Waals surface area contributed by atoms with Gasteiger partial charge < -0.3 is 5.11 Å². The molecule has 0 bridgehead atoms. The van der Waals surface area contributed by atoms with Crippen LogP contribution in [-0.4, -0.2) is 30.8 Å². The van der Waals surface area contributed by atoms with Crippen molar-refractivity contribution in [3.05, 3.63) is 52.7 Å². The number of nitrogens with zero attached hydrogens (tertiary/aromatic N) is 4. The summed E-state index contributed by atoms with van der Waals surface area (Å²) in [4.78, 5) is 19.2. The Morgan fingerprint density at radius 2 is 2.19 bits per heavy atom. The summed E-state index contributed by atoms with van der Waals surface area (Å²) in [6, 6.07) is 7.59. The average Bonchev–Trinajstić information content (AvgIpc) is 2.79. The van der Waals surface area contributed by atoms with Crippen molar-refractivity contribution >= 4 is 28.5 Å². The Kier molecular flexibility index (Phi) is 3.31. The third kappa shape index (κ3) is 2.71. The molecule has 106 valence electrons. The first-order valence-electron chi connectivity index (χ1n) is 6.20. The second-order valence-electron chi connectivity index (χ2n) is 4.64. The van der Waals surface area contributed by atoms with Gasteiger partial charge in [0.05, 0.1) is 10.5 Å². The van der Waals surface area contributed by atoms with Crippen LogP contribution in [0.2, 0.25) is 5.02 Å². The number of pyridine rings is 1. The molecule has 1 N–H and O–H groups in total. The quantitative estimate of drug-likeness (QED) is 0.803.